The number of rotatable bonds is 3. The molecule has 0 aromatic carbocycles. The molecule has 4 nitrogen and oxygen atoms in total. The van der Waals surface area contributed by atoms with Crippen LogP contribution < -0.4 is 5.32 Å². The first kappa shape index (κ1) is 13.6. The van der Waals surface area contributed by atoms with Crippen LogP contribution in [0.2, 0.25) is 0 Å². The molecule has 1 fully saturated rings. The van der Waals surface area contributed by atoms with Gasteiger partial charge in [0.2, 0.25) is 0 Å². The molecule has 2 heterocycles. The number of nitrogens with one attached hydrogen (secondary N) is 1. The summed E-state index contributed by atoms with van der Waals surface area (Å²) in [6, 6.07) is 1.05. The van der Waals surface area contributed by atoms with Crippen LogP contribution in [-0.2, 0) is 0 Å². The fraction of sp³-hybridized carbons (Fsp3) is 0.786. The first-order chi connectivity index (χ1) is 8.54. The zero-order valence-electron chi connectivity index (χ0n) is 12.2. The number of nitrogens with zero attached hydrogens (tertiary/aromatic N) is 2. The van der Waals surface area contributed by atoms with Crippen LogP contribution in [0.15, 0.2) is 4.52 Å². The van der Waals surface area contributed by atoms with E-state index in [1.165, 1.54) is 12.0 Å². The van der Waals surface area contributed by atoms with Gasteiger partial charge in [-0.1, -0.05) is 12.1 Å². The van der Waals surface area contributed by atoms with Crippen LogP contribution in [0.3, 0.4) is 0 Å². The second-order valence-electron chi connectivity index (χ2n) is 5.57. The fourth-order valence-electron chi connectivity index (χ4n) is 3.23. The summed E-state index contributed by atoms with van der Waals surface area (Å²) < 4.78 is 5.29. The quantitative estimate of drug-likeness (QED) is 0.895. The number of hydrogen-bond donors (Lipinski definition) is 1. The minimum Gasteiger partial charge on any atom is -0.361 e. The molecule has 18 heavy (non-hydrogen) atoms. The molecule has 3 atom stereocenters. The monoisotopic (exact) mass is 251 g/mol. The van der Waals surface area contributed by atoms with Crippen molar-refractivity contribution in [1.82, 2.24) is 15.4 Å². The summed E-state index contributed by atoms with van der Waals surface area (Å²) in [6.07, 6.45) is 1.21. The molecule has 2 rings (SSSR count). The van der Waals surface area contributed by atoms with Crippen molar-refractivity contribution in [1.29, 1.82) is 0 Å². The van der Waals surface area contributed by atoms with Gasteiger partial charge in [0.05, 0.1) is 5.69 Å². The van der Waals surface area contributed by atoms with Crippen LogP contribution in [0.25, 0.3) is 0 Å². The van der Waals surface area contributed by atoms with Crippen molar-refractivity contribution in [2.45, 2.75) is 46.2 Å². The Morgan fingerprint density at radius 3 is 2.67 bits per heavy atom. The standard InChI is InChI=1S/C14H25N3O/c1-9-8-17(7-6-13(9)15-5)11(3)14-10(2)16-18-12(14)4/h9,11,13,15H,6-8H2,1-5H3. The summed E-state index contributed by atoms with van der Waals surface area (Å²) >= 11 is 0. The van der Waals surface area contributed by atoms with Crippen LogP contribution in [0.5, 0.6) is 0 Å². The van der Waals surface area contributed by atoms with Crippen molar-refractivity contribution in [3.8, 4) is 0 Å². The summed E-state index contributed by atoms with van der Waals surface area (Å²) in [4.78, 5) is 2.55. The molecule has 0 amide bonds. The molecule has 0 spiro atoms. The first-order valence-electron chi connectivity index (χ1n) is 6.88. The average Bonchev–Trinajstić information content (AvgIpc) is 2.68. The second kappa shape index (κ2) is 5.41. The third kappa shape index (κ3) is 2.45. The second-order valence-corrected chi connectivity index (χ2v) is 5.57. The van der Waals surface area contributed by atoms with Gasteiger partial charge < -0.3 is 9.84 Å². The van der Waals surface area contributed by atoms with Crippen molar-refractivity contribution in [2.75, 3.05) is 20.1 Å². The molecule has 1 aliphatic rings. The van der Waals surface area contributed by atoms with Gasteiger partial charge in [0.25, 0.3) is 0 Å². The Balaban J connectivity index is 2.09. The summed E-state index contributed by atoms with van der Waals surface area (Å²) in [5.74, 6) is 1.65. The molecule has 0 bridgehead atoms. The predicted octanol–water partition coefficient (Wildman–Crippen LogP) is 2.28. The molecule has 102 valence electrons. The first-order valence-corrected chi connectivity index (χ1v) is 6.88. The lowest BCUT2D eigenvalue weighted by Gasteiger charge is -2.40. The lowest BCUT2D eigenvalue weighted by Crippen LogP contribution is -2.47. The topological polar surface area (TPSA) is 41.3 Å². The highest BCUT2D eigenvalue weighted by Crippen LogP contribution is 2.30. The molecular weight excluding hydrogens is 226 g/mol. The normalized spacial score (nSPS) is 27.4. The highest BCUT2D eigenvalue weighted by molar-refractivity contribution is 5.24. The van der Waals surface area contributed by atoms with Crippen LogP contribution in [0, 0.1) is 19.8 Å². The molecule has 0 radical (unpaired) electrons. The van der Waals surface area contributed by atoms with Crippen molar-refractivity contribution in [3.63, 3.8) is 0 Å². The highest BCUT2D eigenvalue weighted by Gasteiger charge is 2.30. The van der Waals surface area contributed by atoms with Gasteiger partial charge in [0.1, 0.15) is 5.76 Å². The van der Waals surface area contributed by atoms with E-state index in [1.807, 2.05) is 13.8 Å². The Labute approximate surface area is 110 Å². The number of piperidine rings is 1. The number of aromatic nitrogens is 1. The van der Waals surface area contributed by atoms with E-state index in [0.717, 1.165) is 24.5 Å². The van der Waals surface area contributed by atoms with Gasteiger partial charge in [-0.15, -0.1) is 0 Å². The summed E-state index contributed by atoms with van der Waals surface area (Å²) in [5.41, 5.74) is 2.30. The molecule has 4 heteroatoms. The molecule has 0 saturated carbocycles. The maximum absolute atomic E-state index is 5.29. The van der Waals surface area contributed by atoms with E-state index in [0.29, 0.717) is 18.0 Å². The Morgan fingerprint density at radius 1 is 1.44 bits per heavy atom. The van der Waals surface area contributed by atoms with E-state index in [-0.39, 0.29) is 0 Å². The van der Waals surface area contributed by atoms with Gasteiger partial charge in [0, 0.05) is 30.7 Å². The summed E-state index contributed by atoms with van der Waals surface area (Å²) in [5, 5.41) is 7.48. The Kier molecular flexibility index (Phi) is 4.07. The molecule has 0 aliphatic carbocycles. The maximum Gasteiger partial charge on any atom is 0.138 e. The Morgan fingerprint density at radius 2 is 2.17 bits per heavy atom. The third-order valence-corrected chi connectivity index (χ3v) is 4.36. The maximum atomic E-state index is 5.29. The van der Waals surface area contributed by atoms with Crippen LogP contribution in [0.1, 0.15) is 43.3 Å². The van der Waals surface area contributed by atoms with E-state index in [9.17, 15) is 0 Å². The van der Waals surface area contributed by atoms with Gasteiger partial charge in [0.15, 0.2) is 0 Å². The van der Waals surface area contributed by atoms with Crippen molar-refractivity contribution in [3.05, 3.63) is 17.0 Å². The minimum absolute atomic E-state index is 0.400. The largest absolute Gasteiger partial charge is 0.361 e. The fourth-order valence-corrected chi connectivity index (χ4v) is 3.23. The van der Waals surface area contributed by atoms with Gasteiger partial charge >= 0.3 is 0 Å². The smallest absolute Gasteiger partial charge is 0.138 e. The highest BCUT2D eigenvalue weighted by atomic mass is 16.5. The van der Waals surface area contributed by atoms with Gasteiger partial charge in [-0.2, -0.15) is 0 Å². The summed E-state index contributed by atoms with van der Waals surface area (Å²) in [7, 11) is 2.06. The van der Waals surface area contributed by atoms with E-state index in [4.69, 9.17) is 4.52 Å². The SMILES string of the molecule is CNC1CCN(C(C)c2c(C)noc2C)CC1C. The molecule has 1 aromatic rings. The van der Waals surface area contributed by atoms with Gasteiger partial charge in [-0.3, -0.25) is 4.90 Å². The molecule has 1 N–H and O–H groups in total. The average molecular weight is 251 g/mol. The number of aryl methyl sites for hydroxylation is 2. The summed E-state index contributed by atoms with van der Waals surface area (Å²) in [6.45, 7) is 10.9. The van der Waals surface area contributed by atoms with Crippen LogP contribution in [0.4, 0.5) is 0 Å². The molecule has 1 aromatic heterocycles. The zero-order chi connectivity index (χ0) is 13.3. The molecule has 1 saturated heterocycles. The minimum atomic E-state index is 0.400. The van der Waals surface area contributed by atoms with E-state index >= 15 is 0 Å². The zero-order valence-corrected chi connectivity index (χ0v) is 12.2. The van der Waals surface area contributed by atoms with Crippen LogP contribution in [-0.4, -0.2) is 36.2 Å². The van der Waals surface area contributed by atoms with Crippen LogP contribution >= 0.6 is 0 Å². The van der Waals surface area contributed by atoms with Gasteiger partial charge in [-0.05, 0) is 40.2 Å². The molecule has 3 unspecified atom stereocenters. The van der Waals surface area contributed by atoms with E-state index in [1.54, 1.807) is 0 Å². The lowest BCUT2D eigenvalue weighted by molar-refractivity contribution is 0.113. The van der Waals surface area contributed by atoms with Gasteiger partial charge in [-0.25, -0.2) is 0 Å². The molecule has 1 aliphatic heterocycles. The third-order valence-electron chi connectivity index (χ3n) is 4.36. The Hall–Kier alpha value is -0.870. The van der Waals surface area contributed by atoms with Crippen molar-refractivity contribution in [2.24, 2.45) is 5.92 Å². The predicted molar refractivity (Wildman–Crippen MR) is 72.6 cm³/mol. The number of hydrogen-bond acceptors (Lipinski definition) is 4. The van der Waals surface area contributed by atoms with Crippen molar-refractivity contribution < 1.29 is 4.52 Å². The van der Waals surface area contributed by atoms with Crippen molar-refractivity contribution >= 4 is 0 Å². The molecular formula is C14H25N3O. The Bertz CT molecular complexity index is 382. The van der Waals surface area contributed by atoms with E-state index in [2.05, 4.69) is 36.3 Å². The lowest BCUT2D eigenvalue weighted by atomic mass is 9.92. The number of likely N-dealkylation sites (tertiary alicyclic amines) is 1. The van der Waals surface area contributed by atoms with E-state index < -0.39 is 0 Å².